The fourth-order valence-electron chi connectivity index (χ4n) is 8.22. The molecule has 6 heteroatoms. The van der Waals surface area contributed by atoms with E-state index < -0.39 is 0 Å². The van der Waals surface area contributed by atoms with Crippen LogP contribution in [0.5, 0.6) is 0 Å². The molecular formula is C52H33N3O2S. The molecule has 274 valence electrons. The van der Waals surface area contributed by atoms with Crippen LogP contribution in [0.3, 0.4) is 0 Å². The van der Waals surface area contributed by atoms with Crippen molar-refractivity contribution in [1.29, 1.82) is 0 Å². The first-order chi connectivity index (χ1) is 28.7. The number of fused-ring (bicyclic) bond motifs is 9. The van der Waals surface area contributed by atoms with Crippen molar-refractivity contribution in [3.63, 3.8) is 0 Å². The van der Waals surface area contributed by atoms with Crippen molar-refractivity contribution >= 4 is 93.8 Å². The van der Waals surface area contributed by atoms with Gasteiger partial charge < -0.3 is 8.83 Å². The summed E-state index contributed by atoms with van der Waals surface area (Å²) in [5.74, 6) is 0.990. The topological polar surface area (TPSA) is 63.4 Å². The Hall–Kier alpha value is -7.41. The predicted octanol–water partition coefficient (Wildman–Crippen LogP) is 14.3. The van der Waals surface area contributed by atoms with E-state index in [-0.39, 0.29) is 0 Å². The third-order valence-electron chi connectivity index (χ3n) is 10.9. The highest BCUT2D eigenvalue weighted by molar-refractivity contribution is 7.25. The van der Waals surface area contributed by atoms with Crippen molar-refractivity contribution in [2.45, 2.75) is 6.54 Å². The lowest BCUT2D eigenvalue weighted by molar-refractivity contribution is 0.668. The zero-order valence-corrected chi connectivity index (χ0v) is 32.0. The molecule has 11 aromatic rings. The number of hydrogen-bond donors (Lipinski definition) is 0. The Morgan fingerprint density at radius 1 is 0.466 bits per heavy atom. The lowest BCUT2D eigenvalue weighted by Crippen LogP contribution is -2.06. The molecule has 0 amide bonds. The lowest BCUT2D eigenvalue weighted by atomic mass is 9.98. The molecule has 0 aliphatic carbocycles. The maximum atomic E-state index is 6.61. The number of hydrogen-bond acceptors (Lipinski definition) is 4. The van der Waals surface area contributed by atoms with E-state index in [9.17, 15) is 0 Å². The Kier molecular flexibility index (Phi) is 8.15. The maximum absolute atomic E-state index is 6.61. The minimum atomic E-state index is 0.415. The third kappa shape index (κ3) is 5.73. The summed E-state index contributed by atoms with van der Waals surface area (Å²) in [5, 5.41) is 6.40. The molecule has 0 N–H and O–H groups in total. The SMILES string of the molecule is C=N/C(=N\C(=N/Cc1ccc(-c2ccccc2)cc1)c1cccc2oc3ccccc3c12)c1cccc2oc3cc(-c4cccc5sc6ccccc6c45)ccc3c12. The van der Waals surface area contributed by atoms with Crippen molar-refractivity contribution < 1.29 is 8.83 Å². The monoisotopic (exact) mass is 763 g/mol. The summed E-state index contributed by atoms with van der Waals surface area (Å²) in [6, 6.07) is 60.7. The van der Waals surface area contributed by atoms with E-state index in [2.05, 4.69) is 133 Å². The number of para-hydroxylation sites is 1. The van der Waals surface area contributed by atoms with Gasteiger partial charge in [0.1, 0.15) is 22.3 Å². The Morgan fingerprint density at radius 2 is 1.07 bits per heavy atom. The van der Waals surface area contributed by atoms with Gasteiger partial charge in [0.2, 0.25) is 0 Å². The zero-order chi connectivity index (χ0) is 38.6. The van der Waals surface area contributed by atoms with Crippen LogP contribution in [0.2, 0.25) is 0 Å². The summed E-state index contributed by atoms with van der Waals surface area (Å²) >= 11 is 1.82. The molecule has 0 aliphatic rings. The van der Waals surface area contributed by atoms with Crippen molar-refractivity contribution in [3.8, 4) is 22.3 Å². The lowest BCUT2D eigenvalue weighted by Gasteiger charge is -2.09. The number of rotatable bonds is 6. The first-order valence-electron chi connectivity index (χ1n) is 19.2. The van der Waals surface area contributed by atoms with E-state index in [1.807, 2.05) is 65.9 Å². The summed E-state index contributed by atoms with van der Waals surface area (Å²) in [5.41, 5.74) is 10.5. The molecule has 3 heterocycles. The fraction of sp³-hybridized carbons (Fsp3) is 0.0192. The molecular weight excluding hydrogens is 731 g/mol. The van der Waals surface area contributed by atoms with E-state index in [1.165, 1.54) is 31.3 Å². The van der Waals surface area contributed by atoms with Crippen LogP contribution in [0.1, 0.15) is 16.7 Å². The normalized spacial score (nSPS) is 12.5. The van der Waals surface area contributed by atoms with Gasteiger partial charge in [0.25, 0.3) is 0 Å². The van der Waals surface area contributed by atoms with Gasteiger partial charge in [-0.1, -0.05) is 133 Å². The van der Waals surface area contributed by atoms with Gasteiger partial charge in [-0.3, -0.25) is 4.99 Å². The standard InChI is InChI=1S/C52H33N3O2S/c1-53-51(40-17-9-21-44-49(40)38-29-28-35(30-45(38)57-44)36-16-11-23-47-50(36)39-15-6-8-22-46(39)58-47)55-52(41-18-10-20-43-48(41)37-14-5-7-19-42(37)56-43)54-31-32-24-26-34(27-25-32)33-12-3-2-4-13-33/h2-30H,1,31H2/b54-52-,55-51-. The third-order valence-corrected chi connectivity index (χ3v) is 12.1. The Labute approximate surface area is 337 Å². The van der Waals surface area contributed by atoms with Crippen LogP contribution in [0.4, 0.5) is 0 Å². The summed E-state index contributed by atoms with van der Waals surface area (Å²) in [6.45, 7) is 4.45. The van der Waals surface area contributed by atoms with Gasteiger partial charge in [-0.15, -0.1) is 11.3 Å². The summed E-state index contributed by atoms with van der Waals surface area (Å²) in [6.07, 6.45) is 0. The van der Waals surface area contributed by atoms with Crippen LogP contribution in [-0.2, 0) is 6.54 Å². The summed E-state index contributed by atoms with van der Waals surface area (Å²) in [4.78, 5) is 15.0. The first kappa shape index (κ1) is 33.9. The van der Waals surface area contributed by atoms with Gasteiger partial charge in [0.05, 0.1) is 6.54 Å². The molecule has 0 unspecified atom stereocenters. The smallest absolute Gasteiger partial charge is 0.161 e. The van der Waals surface area contributed by atoms with Crippen molar-refractivity contribution in [3.05, 3.63) is 193 Å². The fourth-order valence-corrected chi connectivity index (χ4v) is 9.35. The van der Waals surface area contributed by atoms with Gasteiger partial charge in [-0.05, 0) is 77.0 Å². The van der Waals surface area contributed by atoms with Crippen LogP contribution >= 0.6 is 11.3 Å². The van der Waals surface area contributed by atoms with Crippen LogP contribution in [0, 0.1) is 0 Å². The number of amidine groups is 2. The Bertz CT molecular complexity index is 3440. The molecule has 0 saturated heterocycles. The van der Waals surface area contributed by atoms with E-state index in [0.717, 1.165) is 71.7 Å². The molecule has 5 nitrogen and oxygen atoms in total. The quantitative estimate of drug-likeness (QED) is 0.125. The van der Waals surface area contributed by atoms with Gasteiger partial charge >= 0.3 is 0 Å². The molecule has 0 fully saturated rings. The minimum absolute atomic E-state index is 0.415. The van der Waals surface area contributed by atoms with E-state index in [1.54, 1.807) is 0 Å². The van der Waals surface area contributed by atoms with E-state index in [0.29, 0.717) is 18.2 Å². The van der Waals surface area contributed by atoms with E-state index in [4.69, 9.17) is 18.8 Å². The molecule has 0 spiro atoms. The highest BCUT2D eigenvalue weighted by atomic mass is 32.1. The maximum Gasteiger partial charge on any atom is 0.161 e. The van der Waals surface area contributed by atoms with Crippen LogP contribution in [0.25, 0.3) is 86.3 Å². The molecule has 0 bridgehead atoms. The predicted molar refractivity (Wildman–Crippen MR) is 244 cm³/mol. The number of furan rings is 2. The molecule has 58 heavy (non-hydrogen) atoms. The summed E-state index contributed by atoms with van der Waals surface area (Å²) in [7, 11) is 0. The second-order valence-corrected chi connectivity index (χ2v) is 15.4. The highest BCUT2D eigenvalue weighted by Crippen LogP contribution is 2.42. The second kappa shape index (κ2) is 14.0. The molecule has 0 aliphatic heterocycles. The van der Waals surface area contributed by atoms with Gasteiger partial charge in [-0.2, -0.15) is 0 Å². The minimum Gasteiger partial charge on any atom is -0.456 e. The Morgan fingerprint density at radius 3 is 1.86 bits per heavy atom. The van der Waals surface area contributed by atoms with Gasteiger partial charge in [0.15, 0.2) is 11.7 Å². The average Bonchev–Trinajstić information content (AvgIpc) is 3.98. The largest absolute Gasteiger partial charge is 0.456 e. The second-order valence-electron chi connectivity index (χ2n) is 14.3. The van der Waals surface area contributed by atoms with Gasteiger partial charge in [-0.25, -0.2) is 9.98 Å². The molecule has 0 radical (unpaired) electrons. The van der Waals surface area contributed by atoms with Crippen LogP contribution in [-0.4, -0.2) is 18.4 Å². The van der Waals surface area contributed by atoms with Crippen molar-refractivity contribution in [1.82, 2.24) is 0 Å². The molecule has 11 rings (SSSR count). The molecule has 0 atom stereocenters. The van der Waals surface area contributed by atoms with Crippen LogP contribution < -0.4 is 0 Å². The number of aliphatic imine (C=N–C) groups is 3. The van der Waals surface area contributed by atoms with E-state index >= 15 is 0 Å². The number of benzene rings is 8. The summed E-state index contributed by atoms with van der Waals surface area (Å²) < 4.78 is 15.5. The molecule has 8 aromatic carbocycles. The van der Waals surface area contributed by atoms with Crippen LogP contribution in [0.15, 0.2) is 200 Å². The number of nitrogens with zero attached hydrogens (tertiary/aromatic N) is 3. The van der Waals surface area contributed by atoms with Gasteiger partial charge in [0, 0.05) is 52.8 Å². The molecule has 0 saturated carbocycles. The molecule has 3 aromatic heterocycles. The average molecular weight is 764 g/mol. The van der Waals surface area contributed by atoms with Crippen molar-refractivity contribution in [2.75, 3.05) is 0 Å². The number of thiophene rings is 1. The van der Waals surface area contributed by atoms with Crippen molar-refractivity contribution in [2.24, 2.45) is 15.0 Å². The Balaban J connectivity index is 1.05. The zero-order valence-electron chi connectivity index (χ0n) is 31.2. The first-order valence-corrected chi connectivity index (χ1v) is 20.0. The highest BCUT2D eigenvalue weighted by Gasteiger charge is 2.20.